The Hall–Kier alpha value is -2.36. The zero-order chi connectivity index (χ0) is 13.8. The molecule has 0 radical (unpaired) electrons. The molecule has 19 heavy (non-hydrogen) atoms. The van der Waals surface area contributed by atoms with E-state index in [1.807, 2.05) is 30.3 Å². The second kappa shape index (κ2) is 5.52. The quantitative estimate of drug-likeness (QED) is 0.912. The Labute approximate surface area is 110 Å². The summed E-state index contributed by atoms with van der Waals surface area (Å²) in [5.41, 5.74) is 1.47. The molecule has 4 nitrogen and oxygen atoms in total. The minimum atomic E-state index is -1.07. The van der Waals surface area contributed by atoms with Gasteiger partial charge in [0.2, 0.25) is 0 Å². The first kappa shape index (κ1) is 13.1. The first-order valence-corrected chi connectivity index (χ1v) is 6.07. The Bertz CT molecular complexity index is 644. The molecule has 0 saturated carbocycles. The summed E-state index contributed by atoms with van der Waals surface area (Å²) in [6.07, 6.45) is 0.629. The third kappa shape index (κ3) is 2.91. The molecule has 0 spiro atoms. The summed E-state index contributed by atoms with van der Waals surface area (Å²) in [5.74, 6) is -1.07. The number of aromatic carboxylic acids is 1. The molecule has 0 bridgehead atoms. The van der Waals surface area contributed by atoms with E-state index in [2.05, 4.69) is 0 Å². The van der Waals surface area contributed by atoms with Crippen molar-refractivity contribution < 1.29 is 9.90 Å². The molecule has 1 aromatic heterocycles. The average molecular weight is 257 g/mol. The standard InChI is InChI=1S/C15H15NO3/c1-11-7-8-13(17)16(14(11)15(18)19)10-9-12-5-3-2-4-6-12/h2-8H,9-10H2,1H3,(H,18,19). The van der Waals surface area contributed by atoms with Crippen molar-refractivity contribution in [1.82, 2.24) is 4.57 Å². The second-order valence-electron chi connectivity index (χ2n) is 4.40. The highest BCUT2D eigenvalue weighted by atomic mass is 16.4. The van der Waals surface area contributed by atoms with Gasteiger partial charge in [-0.1, -0.05) is 36.4 Å². The maximum absolute atomic E-state index is 11.8. The SMILES string of the molecule is Cc1ccc(=O)n(CCc2ccccc2)c1C(=O)O. The van der Waals surface area contributed by atoms with Crippen molar-refractivity contribution >= 4 is 5.97 Å². The lowest BCUT2D eigenvalue weighted by molar-refractivity contribution is 0.0682. The number of carbonyl (C=O) groups is 1. The van der Waals surface area contributed by atoms with E-state index in [9.17, 15) is 14.7 Å². The third-order valence-corrected chi connectivity index (χ3v) is 3.05. The van der Waals surface area contributed by atoms with Gasteiger partial charge in [0.05, 0.1) is 0 Å². The first-order valence-electron chi connectivity index (χ1n) is 6.07. The number of carboxylic acid groups (broad SMARTS) is 1. The van der Waals surface area contributed by atoms with Crippen LogP contribution in [0.25, 0.3) is 0 Å². The maximum Gasteiger partial charge on any atom is 0.352 e. The molecule has 98 valence electrons. The van der Waals surface area contributed by atoms with Crippen molar-refractivity contribution in [1.29, 1.82) is 0 Å². The molecule has 0 aliphatic rings. The van der Waals surface area contributed by atoms with Crippen LogP contribution in [0.3, 0.4) is 0 Å². The fourth-order valence-corrected chi connectivity index (χ4v) is 2.08. The van der Waals surface area contributed by atoms with E-state index in [-0.39, 0.29) is 11.3 Å². The Morgan fingerprint density at radius 2 is 1.84 bits per heavy atom. The van der Waals surface area contributed by atoms with Crippen LogP contribution in [0.2, 0.25) is 0 Å². The summed E-state index contributed by atoms with van der Waals surface area (Å²) >= 11 is 0. The largest absolute Gasteiger partial charge is 0.477 e. The van der Waals surface area contributed by atoms with E-state index in [1.165, 1.54) is 10.6 Å². The fourth-order valence-electron chi connectivity index (χ4n) is 2.08. The highest BCUT2D eigenvalue weighted by Gasteiger charge is 2.14. The summed E-state index contributed by atoms with van der Waals surface area (Å²) < 4.78 is 1.32. The van der Waals surface area contributed by atoms with Gasteiger partial charge in [0, 0.05) is 12.6 Å². The first-order chi connectivity index (χ1) is 9.09. The lowest BCUT2D eigenvalue weighted by Gasteiger charge is -2.11. The molecule has 1 aromatic carbocycles. The lowest BCUT2D eigenvalue weighted by Crippen LogP contribution is -2.27. The fraction of sp³-hybridized carbons (Fsp3) is 0.200. The van der Waals surface area contributed by atoms with Crippen LogP contribution < -0.4 is 5.56 Å². The van der Waals surface area contributed by atoms with Gasteiger partial charge in [-0.3, -0.25) is 4.79 Å². The number of aryl methyl sites for hydroxylation is 2. The Kier molecular flexibility index (Phi) is 3.80. The Morgan fingerprint density at radius 1 is 1.16 bits per heavy atom. The monoisotopic (exact) mass is 257 g/mol. The number of hydrogen-bond acceptors (Lipinski definition) is 2. The summed E-state index contributed by atoms with van der Waals surface area (Å²) in [6.45, 7) is 2.06. The van der Waals surface area contributed by atoms with Gasteiger partial charge in [0.15, 0.2) is 0 Å². The van der Waals surface area contributed by atoms with Gasteiger partial charge in [0.1, 0.15) is 5.69 Å². The number of rotatable bonds is 4. The number of carboxylic acids is 1. The smallest absolute Gasteiger partial charge is 0.352 e. The highest BCUT2D eigenvalue weighted by molar-refractivity contribution is 5.87. The van der Waals surface area contributed by atoms with Crippen LogP contribution in [0.15, 0.2) is 47.3 Å². The van der Waals surface area contributed by atoms with E-state index in [4.69, 9.17) is 0 Å². The molecule has 0 aliphatic carbocycles. The molecular formula is C15H15NO3. The van der Waals surface area contributed by atoms with E-state index in [0.29, 0.717) is 18.5 Å². The molecule has 0 aliphatic heterocycles. The van der Waals surface area contributed by atoms with Gasteiger partial charge < -0.3 is 9.67 Å². The van der Waals surface area contributed by atoms with Crippen LogP contribution >= 0.6 is 0 Å². The number of nitrogens with zero attached hydrogens (tertiary/aromatic N) is 1. The van der Waals surface area contributed by atoms with E-state index in [1.54, 1.807) is 13.0 Å². The van der Waals surface area contributed by atoms with Crippen molar-refractivity contribution in [3.63, 3.8) is 0 Å². The van der Waals surface area contributed by atoms with E-state index in [0.717, 1.165) is 5.56 Å². The number of hydrogen-bond donors (Lipinski definition) is 1. The molecule has 0 fully saturated rings. The van der Waals surface area contributed by atoms with Gasteiger partial charge in [0.25, 0.3) is 5.56 Å². The molecule has 2 rings (SSSR count). The van der Waals surface area contributed by atoms with Gasteiger partial charge in [-0.2, -0.15) is 0 Å². The summed E-state index contributed by atoms with van der Waals surface area (Å²) in [4.78, 5) is 23.1. The number of aromatic nitrogens is 1. The van der Waals surface area contributed by atoms with Gasteiger partial charge >= 0.3 is 5.97 Å². The topological polar surface area (TPSA) is 59.3 Å². The van der Waals surface area contributed by atoms with Gasteiger partial charge in [-0.05, 0) is 24.5 Å². The van der Waals surface area contributed by atoms with Crippen LogP contribution in [0.1, 0.15) is 21.6 Å². The van der Waals surface area contributed by atoms with Crippen molar-refractivity contribution in [2.24, 2.45) is 0 Å². The zero-order valence-corrected chi connectivity index (χ0v) is 10.7. The lowest BCUT2D eigenvalue weighted by atomic mass is 10.1. The van der Waals surface area contributed by atoms with Crippen LogP contribution in [-0.2, 0) is 13.0 Å². The molecule has 1 N–H and O–H groups in total. The summed E-state index contributed by atoms with van der Waals surface area (Å²) in [7, 11) is 0. The zero-order valence-electron chi connectivity index (χ0n) is 10.7. The predicted molar refractivity (Wildman–Crippen MR) is 72.5 cm³/mol. The van der Waals surface area contributed by atoms with Crippen LogP contribution in [0, 0.1) is 6.92 Å². The Morgan fingerprint density at radius 3 is 2.47 bits per heavy atom. The van der Waals surface area contributed by atoms with Crippen LogP contribution in [0.5, 0.6) is 0 Å². The van der Waals surface area contributed by atoms with Gasteiger partial charge in [-0.25, -0.2) is 4.79 Å². The minimum Gasteiger partial charge on any atom is -0.477 e. The molecular weight excluding hydrogens is 242 g/mol. The van der Waals surface area contributed by atoms with Crippen molar-refractivity contribution in [3.8, 4) is 0 Å². The summed E-state index contributed by atoms with van der Waals surface area (Å²) in [6, 6.07) is 12.6. The molecule has 2 aromatic rings. The van der Waals surface area contributed by atoms with E-state index >= 15 is 0 Å². The van der Waals surface area contributed by atoms with E-state index < -0.39 is 5.97 Å². The minimum absolute atomic E-state index is 0.0726. The van der Waals surface area contributed by atoms with Gasteiger partial charge in [-0.15, -0.1) is 0 Å². The summed E-state index contributed by atoms with van der Waals surface area (Å²) in [5, 5.41) is 9.21. The molecule has 4 heteroatoms. The molecule has 0 amide bonds. The van der Waals surface area contributed by atoms with Crippen molar-refractivity contribution in [3.05, 3.63) is 69.6 Å². The Balaban J connectivity index is 2.32. The second-order valence-corrected chi connectivity index (χ2v) is 4.40. The van der Waals surface area contributed by atoms with Crippen molar-refractivity contribution in [2.45, 2.75) is 19.9 Å². The predicted octanol–water partition coefficient (Wildman–Crippen LogP) is 2.10. The molecule has 0 atom stereocenters. The van der Waals surface area contributed by atoms with Crippen LogP contribution in [-0.4, -0.2) is 15.6 Å². The molecule has 0 saturated heterocycles. The maximum atomic E-state index is 11.8. The normalized spacial score (nSPS) is 10.4. The number of benzene rings is 1. The molecule has 0 unspecified atom stereocenters. The van der Waals surface area contributed by atoms with Crippen molar-refractivity contribution in [2.75, 3.05) is 0 Å². The average Bonchev–Trinajstić information content (AvgIpc) is 2.40. The third-order valence-electron chi connectivity index (χ3n) is 3.05. The van der Waals surface area contributed by atoms with Crippen LogP contribution in [0.4, 0.5) is 0 Å². The molecule has 1 heterocycles. The highest BCUT2D eigenvalue weighted by Crippen LogP contribution is 2.07. The number of pyridine rings is 1.